The molecule has 0 radical (unpaired) electrons. The van der Waals surface area contributed by atoms with E-state index in [-0.39, 0.29) is 34.9 Å². The Morgan fingerprint density at radius 1 is 1.12 bits per heavy atom. The summed E-state index contributed by atoms with van der Waals surface area (Å²) in [4.78, 5) is 31.0. The number of allylic oxidation sites excluding steroid dienone is 1. The molecule has 0 aliphatic heterocycles. The van der Waals surface area contributed by atoms with Crippen molar-refractivity contribution in [1.29, 1.82) is 0 Å². The van der Waals surface area contributed by atoms with Crippen molar-refractivity contribution in [3.63, 3.8) is 0 Å². The molecule has 186 valence electrons. The molecule has 3 fully saturated rings. The Morgan fingerprint density at radius 2 is 1.79 bits per heavy atom. The summed E-state index contributed by atoms with van der Waals surface area (Å²) in [6, 6.07) is 0.384. The number of esters is 1. The molecule has 3 aliphatic rings. The van der Waals surface area contributed by atoms with Crippen molar-refractivity contribution in [2.75, 3.05) is 6.61 Å². The number of nitrogens with two attached hydrogens (primary N) is 1. The van der Waals surface area contributed by atoms with Crippen molar-refractivity contribution in [3.05, 3.63) is 11.3 Å². The summed E-state index contributed by atoms with van der Waals surface area (Å²) in [6.07, 6.45) is 12.4. The molecule has 3 N–H and O–H groups in total. The maximum atomic E-state index is 13.4. The van der Waals surface area contributed by atoms with Gasteiger partial charge in [0, 0.05) is 17.3 Å². The average molecular weight is 460 g/mol. The van der Waals surface area contributed by atoms with Crippen LogP contribution in [0.5, 0.6) is 0 Å². The minimum absolute atomic E-state index is 0.0785. The van der Waals surface area contributed by atoms with Crippen LogP contribution in [-0.2, 0) is 14.3 Å². The largest absolute Gasteiger partial charge is 0.466 e. The lowest BCUT2D eigenvalue weighted by Gasteiger charge is -2.38. The summed E-state index contributed by atoms with van der Waals surface area (Å²) >= 11 is 0. The Morgan fingerprint density at radius 3 is 2.39 bits per heavy atom. The Hall–Kier alpha value is -1.85. The van der Waals surface area contributed by atoms with Crippen molar-refractivity contribution < 1.29 is 14.3 Å². The standard InChI is InChI=1S/C27H45N3O3/c1-5-33-26(32)19-13-14-22(29-20-11-7-6-8-12-20)21(17-19)23(28)25(31)30-24(18(2)3)27(4)15-9-10-16-27/h18-20,24H,5-17,28H2,1-4H3,(H,30,31). The Balaban J connectivity index is 1.86. The van der Waals surface area contributed by atoms with E-state index in [0.717, 1.165) is 37.0 Å². The first kappa shape index (κ1) is 25.8. The fourth-order valence-corrected chi connectivity index (χ4v) is 6.22. The molecule has 3 rings (SSSR count). The molecule has 3 saturated carbocycles. The quantitative estimate of drug-likeness (QED) is 0.411. The third-order valence-electron chi connectivity index (χ3n) is 8.08. The number of hydrogen-bond donors (Lipinski definition) is 2. The molecule has 0 aromatic carbocycles. The maximum Gasteiger partial charge on any atom is 0.309 e. The van der Waals surface area contributed by atoms with Crippen LogP contribution in [0, 0.1) is 17.3 Å². The van der Waals surface area contributed by atoms with Crippen molar-refractivity contribution in [3.8, 4) is 0 Å². The summed E-state index contributed by atoms with van der Waals surface area (Å²) in [6.45, 7) is 8.82. The molecule has 1 amide bonds. The third-order valence-corrected chi connectivity index (χ3v) is 8.08. The van der Waals surface area contributed by atoms with E-state index in [1.54, 1.807) is 0 Å². The number of carbonyl (C=O) groups is 2. The summed E-state index contributed by atoms with van der Waals surface area (Å²) in [5.74, 6) is -0.343. The molecule has 6 nitrogen and oxygen atoms in total. The molecule has 2 atom stereocenters. The number of ether oxygens (including phenoxy) is 1. The Bertz CT molecular complexity index is 759. The molecule has 0 bridgehead atoms. The molecule has 3 aliphatic carbocycles. The Labute approximate surface area is 200 Å². The summed E-state index contributed by atoms with van der Waals surface area (Å²) in [5.41, 5.74) is 8.59. The number of aliphatic imine (C=N–C) groups is 1. The van der Waals surface area contributed by atoms with Gasteiger partial charge in [0.1, 0.15) is 5.70 Å². The SMILES string of the molecule is CCOC(=O)C1CCC(=NC2CCCCC2)C(=C(N)C(=O)NC(C(C)C)C2(C)CCCC2)C1. The van der Waals surface area contributed by atoms with Crippen LogP contribution in [0.25, 0.3) is 0 Å². The van der Waals surface area contributed by atoms with Gasteiger partial charge in [-0.3, -0.25) is 14.6 Å². The van der Waals surface area contributed by atoms with E-state index >= 15 is 0 Å². The molecule has 6 heteroatoms. The zero-order chi connectivity index (χ0) is 24.0. The zero-order valence-corrected chi connectivity index (χ0v) is 21.3. The minimum Gasteiger partial charge on any atom is -0.466 e. The summed E-state index contributed by atoms with van der Waals surface area (Å²) in [7, 11) is 0. The predicted molar refractivity (Wildman–Crippen MR) is 133 cm³/mol. The molecular formula is C27H45N3O3. The van der Waals surface area contributed by atoms with Gasteiger partial charge in [-0.05, 0) is 63.2 Å². The van der Waals surface area contributed by atoms with Crippen LogP contribution in [0.1, 0.15) is 105 Å². The third kappa shape index (κ3) is 6.39. The van der Waals surface area contributed by atoms with Gasteiger partial charge in [0.25, 0.3) is 5.91 Å². The highest BCUT2D eigenvalue weighted by atomic mass is 16.5. The van der Waals surface area contributed by atoms with Crippen LogP contribution in [0.15, 0.2) is 16.3 Å². The first-order chi connectivity index (χ1) is 15.7. The Kier molecular flexibility index (Phi) is 9.00. The van der Waals surface area contributed by atoms with Crippen LogP contribution < -0.4 is 11.1 Å². The lowest BCUT2D eigenvalue weighted by atomic mass is 9.75. The number of amides is 1. The van der Waals surface area contributed by atoms with Crippen molar-refractivity contribution >= 4 is 17.6 Å². The van der Waals surface area contributed by atoms with Crippen LogP contribution in [0.4, 0.5) is 0 Å². The lowest BCUT2D eigenvalue weighted by molar-refractivity contribution is -0.148. The monoisotopic (exact) mass is 459 g/mol. The van der Waals surface area contributed by atoms with E-state index in [0.29, 0.717) is 37.8 Å². The van der Waals surface area contributed by atoms with Crippen molar-refractivity contribution in [1.82, 2.24) is 5.32 Å². The highest BCUT2D eigenvalue weighted by Gasteiger charge is 2.40. The molecule has 0 aromatic rings. The molecule has 2 unspecified atom stereocenters. The zero-order valence-electron chi connectivity index (χ0n) is 21.3. The number of hydrogen-bond acceptors (Lipinski definition) is 5. The van der Waals surface area contributed by atoms with Gasteiger partial charge in [-0.15, -0.1) is 0 Å². The van der Waals surface area contributed by atoms with Gasteiger partial charge in [-0.2, -0.15) is 0 Å². The maximum absolute atomic E-state index is 13.4. The van der Waals surface area contributed by atoms with Crippen LogP contribution in [0.3, 0.4) is 0 Å². The highest BCUT2D eigenvalue weighted by molar-refractivity contribution is 6.09. The van der Waals surface area contributed by atoms with Gasteiger partial charge in [0.05, 0.1) is 18.6 Å². The van der Waals surface area contributed by atoms with Crippen LogP contribution >= 0.6 is 0 Å². The second kappa shape index (κ2) is 11.5. The smallest absolute Gasteiger partial charge is 0.309 e. The van der Waals surface area contributed by atoms with E-state index in [1.807, 2.05) is 6.92 Å². The molecule has 0 heterocycles. The second-order valence-electron chi connectivity index (χ2n) is 11.0. The van der Waals surface area contributed by atoms with Gasteiger partial charge in [-0.1, -0.05) is 52.9 Å². The van der Waals surface area contributed by atoms with Crippen molar-refractivity contribution in [2.45, 2.75) is 117 Å². The highest BCUT2D eigenvalue weighted by Crippen LogP contribution is 2.43. The normalized spacial score (nSPS) is 27.4. The van der Waals surface area contributed by atoms with E-state index in [2.05, 4.69) is 26.1 Å². The molecule has 33 heavy (non-hydrogen) atoms. The van der Waals surface area contributed by atoms with Gasteiger partial charge in [0.2, 0.25) is 0 Å². The van der Waals surface area contributed by atoms with Crippen LogP contribution in [0.2, 0.25) is 0 Å². The number of carbonyl (C=O) groups excluding carboxylic acids is 2. The van der Waals surface area contributed by atoms with Gasteiger partial charge in [-0.25, -0.2) is 0 Å². The molecule has 0 saturated heterocycles. The first-order valence-corrected chi connectivity index (χ1v) is 13.3. The topological polar surface area (TPSA) is 93.8 Å². The summed E-state index contributed by atoms with van der Waals surface area (Å²) < 4.78 is 5.29. The molecule has 0 aromatic heterocycles. The second-order valence-corrected chi connectivity index (χ2v) is 11.0. The van der Waals surface area contributed by atoms with E-state index in [4.69, 9.17) is 15.5 Å². The molecule has 0 spiro atoms. The van der Waals surface area contributed by atoms with E-state index < -0.39 is 0 Å². The van der Waals surface area contributed by atoms with Gasteiger partial charge in [0.15, 0.2) is 0 Å². The first-order valence-electron chi connectivity index (χ1n) is 13.3. The summed E-state index contributed by atoms with van der Waals surface area (Å²) in [5, 5.41) is 3.30. The van der Waals surface area contributed by atoms with Crippen molar-refractivity contribution in [2.24, 2.45) is 28.0 Å². The fourth-order valence-electron chi connectivity index (χ4n) is 6.22. The minimum atomic E-state index is -0.259. The van der Waals surface area contributed by atoms with E-state index in [1.165, 1.54) is 32.1 Å². The van der Waals surface area contributed by atoms with Crippen LogP contribution in [-0.4, -0.2) is 36.3 Å². The number of nitrogens with zero attached hydrogens (tertiary/aromatic N) is 1. The number of rotatable bonds is 7. The fraction of sp³-hybridized carbons (Fsp3) is 0.815. The number of nitrogens with one attached hydrogen (secondary N) is 1. The molecular weight excluding hydrogens is 414 g/mol. The van der Waals surface area contributed by atoms with Gasteiger partial charge >= 0.3 is 5.97 Å². The average Bonchev–Trinajstić information content (AvgIpc) is 3.24. The predicted octanol–water partition coefficient (Wildman–Crippen LogP) is 5.06. The van der Waals surface area contributed by atoms with E-state index in [9.17, 15) is 9.59 Å². The van der Waals surface area contributed by atoms with Gasteiger partial charge < -0.3 is 15.8 Å². The lowest BCUT2D eigenvalue weighted by Crippen LogP contribution is -2.50.